The van der Waals surface area contributed by atoms with Crippen LogP contribution in [0.15, 0.2) is 47.3 Å². The van der Waals surface area contributed by atoms with E-state index < -0.39 is 0 Å². The second-order valence-corrected chi connectivity index (χ2v) is 8.34. The highest BCUT2D eigenvalue weighted by molar-refractivity contribution is 5.89. The largest absolute Gasteiger partial charge is 0.497 e. The third-order valence-electron chi connectivity index (χ3n) is 5.83. The van der Waals surface area contributed by atoms with Gasteiger partial charge in [-0.3, -0.25) is 4.79 Å². The molecule has 2 N–H and O–H groups in total. The normalized spacial score (nSPS) is 15.7. The molecule has 7 heteroatoms. The number of H-pyrrole nitrogens is 1. The average molecular weight is 436 g/mol. The predicted octanol–water partition coefficient (Wildman–Crippen LogP) is 4.37. The number of hydrogen-bond donors (Lipinski definition) is 2. The number of anilines is 1. The zero-order chi connectivity index (χ0) is 22.7. The van der Waals surface area contributed by atoms with Crippen LogP contribution in [0.5, 0.6) is 5.75 Å². The van der Waals surface area contributed by atoms with Gasteiger partial charge in [0.2, 0.25) is 0 Å². The first kappa shape index (κ1) is 21.9. The summed E-state index contributed by atoms with van der Waals surface area (Å²) in [7, 11) is 1.60. The minimum absolute atomic E-state index is 0.0273. The van der Waals surface area contributed by atoms with E-state index in [4.69, 9.17) is 9.47 Å². The number of hydrogen-bond acceptors (Lipinski definition) is 4. The minimum atomic E-state index is -0.272. The Bertz CT molecular complexity index is 1160. The maximum absolute atomic E-state index is 13.2. The first-order chi connectivity index (χ1) is 15.4. The third kappa shape index (κ3) is 4.94. The number of aromatic amines is 1. The number of amides is 2. The van der Waals surface area contributed by atoms with Crippen molar-refractivity contribution in [3.05, 3.63) is 69.5 Å². The van der Waals surface area contributed by atoms with Crippen molar-refractivity contribution in [3.63, 3.8) is 0 Å². The Kier molecular flexibility index (Phi) is 6.46. The molecule has 1 saturated heterocycles. The van der Waals surface area contributed by atoms with E-state index in [-0.39, 0.29) is 24.2 Å². The highest BCUT2D eigenvalue weighted by Crippen LogP contribution is 2.21. The summed E-state index contributed by atoms with van der Waals surface area (Å²) in [5.74, 6) is 0.715. The number of methoxy groups -OCH3 is 1. The smallest absolute Gasteiger partial charge is 0.322 e. The van der Waals surface area contributed by atoms with E-state index in [1.54, 1.807) is 36.3 Å². The van der Waals surface area contributed by atoms with Crippen LogP contribution in [0.3, 0.4) is 0 Å². The van der Waals surface area contributed by atoms with Crippen molar-refractivity contribution in [2.45, 2.75) is 39.3 Å². The number of aromatic nitrogens is 1. The van der Waals surface area contributed by atoms with Crippen LogP contribution in [0.25, 0.3) is 10.9 Å². The van der Waals surface area contributed by atoms with Gasteiger partial charge in [0.15, 0.2) is 0 Å². The first-order valence-corrected chi connectivity index (χ1v) is 10.9. The maximum Gasteiger partial charge on any atom is 0.322 e. The molecule has 32 heavy (non-hydrogen) atoms. The number of pyridine rings is 1. The number of nitrogens with zero attached hydrogens (tertiary/aromatic N) is 1. The topological polar surface area (TPSA) is 83.7 Å². The van der Waals surface area contributed by atoms with Crippen LogP contribution in [0.1, 0.15) is 29.5 Å². The minimum Gasteiger partial charge on any atom is -0.497 e. The highest BCUT2D eigenvalue weighted by atomic mass is 16.5. The lowest BCUT2D eigenvalue weighted by molar-refractivity contribution is 0.0818. The average Bonchev–Trinajstić information content (AvgIpc) is 3.27. The SMILES string of the molecule is COc1ccc(NC(=O)N(Cc2cc3c(C)cc(C)cc3[nH]c2=O)CC2CCCO2)cc1. The van der Waals surface area contributed by atoms with Crippen LogP contribution in [0, 0.1) is 13.8 Å². The standard InChI is InChI=1S/C25H29N3O4/c1-16-11-17(2)22-13-18(24(29)27-23(22)12-16)14-28(15-21-5-4-10-32-21)25(30)26-19-6-8-20(31-3)9-7-19/h6-9,11-13,21H,4-5,10,14-15H2,1-3H3,(H,26,30)(H,27,29). The monoisotopic (exact) mass is 435 g/mol. The predicted molar refractivity (Wildman–Crippen MR) is 125 cm³/mol. The molecule has 2 aromatic carbocycles. The number of aryl methyl sites for hydroxylation is 2. The Morgan fingerprint density at radius 1 is 1.22 bits per heavy atom. The summed E-state index contributed by atoms with van der Waals surface area (Å²) in [6.45, 7) is 5.35. The van der Waals surface area contributed by atoms with Gasteiger partial charge in [-0.25, -0.2) is 4.79 Å². The molecule has 1 aliphatic heterocycles. The van der Waals surface area contributed by atoms with Gasteiger partial charge in [-0.15, -0.1) is 0 Å². The van der Waals surface area contributed by atoms with Crippen molar-refractivity contribution in [3.8, 4) is 5.75 Å². The number of rotatable bonds is 6. The van der Waals surface area contributed by atoms with Crippen molar-refractivity contribution in [1.29, 1.82) is 0 Å². The first-order valence-electron chi connectivity index (χ1n) is 10.9. The Balaban J connectivity index is 1.60. The summed E-state index contributed by atoms with van der Waals surface area (Å²) in [4.78, 5) is 30.6. The molecule has 0 radical (unpaired) electrons. The van der Waals surface area contributed by atoms with E-state index in [0.29, 0.717) is 30.2 Å². The quantitative estimate of drug-likeness (QED) is 0.602. The van der Waals surface area contributed by atoms with Crippen molar-refractivity contribution in [1.82, 2.24) is 9.88 Å². The molecule has 1 aromatic heterocycles. The Morgan fingerprint density at radius 2 is 2.00 bits per heavy atom. The molecule has 0 saturated carbocycles. The number of carbonyl (C=O) groups excluding carboxylic acids is 1. The molecule has 4 rings (SSSR count). The van der Waals surface area contributed by atoms with Gasteiger partial charge in [0.1, 0.15) is 5.75 Å². The number of fused-ring (bicyclic) bond motifs is 1. The number of ether oxygens (including phenoxy) is 2. The van der Waals surface area contributed by atoms with Gasteiger partial charge in [-0.1, -0.05) is 6.07 Å². The zero-order valence-electron chi connectivity index (χ0n) is 18.7. The molecule has 168 valence electrons. The van der Waals surface area contributed by atoms with Gasteiger partial charge in [0, 0.05) is 35.3 Å². The number of carbonyl (C=O) groups is 1. The zero-order valence-corrected chi connectivity index (χ0v) is 18.7. The van der Waals surface area contributed by atoms with Crippen LogP contribution in [-0.2, 0) is 11.3 Å². The molecule has 2 amide bonds. The molecule has 1 unspecified atom stereocenters. The molecular formula is C25H29N3O4. The summed E-state index contributed by atoms with van der Waals surface area (Å²) in [5.41, 5.74) is 4.02. The second-order valence-electron chi connectivity index (χ2n) is 8.34. The van der Waals surface area contributed by atoms with Crippen LogP contribution in [0.2, 0.25) is 0 Å². The van der Waals surface area contributed by atoms with Gasteiger partial charge in [-0.2, -0.15) is 0 Å². The van der Waals surface area contributed by atoms with Gasteiger partial charge < -0.3 is 24.7 Å². The Labute approximate surface area is 187 Å². The molecule has 1 aliphatic rings. The maximum atomic E-state index is 13.2. The highest BCUT2D eigenvalue weighted by Gasteiger charge is 2.24. The van der Waals surface area contributed by atoms with E-state index in [1.165, 1.54) is 0 Å². The van der Waals surface area contributed by atoms with Gasteiger partial charge in [0.05, 0.1) is 19.8 Å². The van der Waals surface area contributed by atoms with Gasteiger partial charge in [-0.05, 0) is 74.2 Å². The Morgan fingerprint density at radius 3 is 2.69 bits per heavy atom. The van der Waals surface area contributed by atoms with E-state index in [1.807, 2.05) is 26.0 Å². The van der Waals surface area contributed by atoms with Crippen LogP contribution < -0.4 is 15.6 Å². The summed E-state index contributed by atoms with van der Waals surface area (Å²) in [6, 6.07) is 12.8. The second kappa shape index (κ2) is 9.44. The fourth-order valence-electron chi connectivity index (χ4n) is 4.17. The van der Waals surface area contributed by atoms with E-state index in [0.717, 1.165) is 34.9 Å². The summed E-state index contributed by atoms with van der Waals surface area (Å²) >= 11 is 0. The molecule has 7 nitrogen and oxygen atoms in total. The van der Waals surface area contributed by atoms with Gasteiger partial charge >= 0.3 is 6.03 Å². The summed E-state index contributed by atoms with van der Waals surface area (Å²) in [6.07, 6.45) is 1.85. The molecule has 2 heterocycles. The molecule has 1 fully saturated rings. The lowest BCUT2D eigenvalue weighted by Gasteiger charge is -2.26. The molecule has 0 spiro atoms. The summed E-state index contributed by atoms with van der Waals surface area (Å²) < 4.78 is 10.9. The molecule has 0 aliphatic carbocycles. The third-order valence-corrected chi connectivity index (χ3v) is 5.83. The summed E-state index contributed by atoms with van der Waals surface area (Å²) in [5, 5.41) is 3.91. The van der Waals surface area contributed by atoms with Crippen molar-refractivity contribution in [2.75, 3.05) is 25.6 Å². The fraction of sp³-hybridized carbons (Fsp3) is 0.360. The molecular weight excluding hydrogens is 406 g/mol. The van der Waals surface area contributed by atoms with Crippen molar-refractivity contribution in [2.24, 2.45) is 0 Å². The molecule has 3 aromatic rings. The van der Waals surface area contributed by atoms with Crippen LogP contribution >= 0.6 is 0 Å². The fourth-order valence-corrected chi connectivity index (χ4v) is 4.17. The van der Waals surface area contributed by atoms with Gasteiger partial charge in [0.25, 0.3) is 5.56 Å². The molecule has 1 atom stereocenters. The number of nitrogens with one attached hydrogen (secondary N) is 2. The number of urea groups is 1. The van der Waals surface area contributed by atoms with E-state index in [9.17, 15) is 9.59 Å². The Hall–Kier alpha value is -3.32. The lowest BCUT2D eigenvalue weighted by atomic mass is 10.0. The van der Waals surface area contributed by atoms with Crippen molar-refractivity contribution < 1.29 is 14.3 Å². The van der Waals surface area contributed by atoms with E-state index >= 15 is 0 Å². The lowest BCUT2D eigenvalue weighted by Crippen LogP contribution is -2.40. The van der Waals surface area contributed by atoms with E-state index in [2.05, 4.69) is 16.4 Å². The van der Waals surface area contributed by atoms with Crippen molar-refractivity contribution >= 4 is 22.6 Å². The van der Waals surface area contributed by atoms with Crippen LogP contribution in [0.4, 0.5) is 10.5 Å². The van der Waals surface area contributed by atoms with Crippen LogP contribution in [-0.4, -0.2) is 42.3 Å². The number of benzene rings is 2. The molecule has 0 bridgehead atoms.